The number of hydrogen-bond donors (Lipinski definition) is 3. The van der Waals surface area contributed by atoms with Crippen molar-refractivity contribution in [1.82, 2.24) is 20.1 Å². The van der Waals surface area contributed by atoms with E-state index in [4.69, 9.17) is 4.74 Å². The van der Waals surface area contributed by atoms with Crippen molar-refractivity contribution in [2.24, 2.45) is 13.0 Å². The van der Waals surface area contributed by atoms with Gasteiger partial charge in [-0.3, -0.25) is 24.0 Å². The number of nitrogens with zero attached hydrogens (tertiary/aromatic N) is 3. The molecule has 0 bridgehead atoms. The first-order chi connectivity index (χ1) is 17.5. The summed E-state index contributed by atoms with van der Waals surface area (Å²) in [5, 5.41) is 13.0. The highest BCUT2D eigenvalue weighted by molar-refractivity contribution is 6.07. The molecule has 1 saturated heterocycles. The second-order valence-corrected chi connectivity index (χ2v) is 10.2. The number of pyridine rings is 1. The molecule has 2 fully saturated rings. The quantitative estimate of drug-likeness (QED) is 0.587. The van der Waals surface area contributed by atoms with Crippen LogP contribution >= 0.6 is 0 Å². The number of nitrogens with one attached hydrogen (secondary N) is 3. The average molecular weight is 495 g/mol. The lowest BCUT2D eigenvalue weighted by Gasteiger charge is -2.30. The molecule has 2 aromatic rings. The summed E-state index contributed by atoms with van der Waals surface area (Å²) < 4.78 is 6.96. The molecule has 192 valence electrons. The molecule has 0 aromatic carbocycles. The predicted molar refractivity (Wildman–Crippen MR) is 133 cm³/mol. The topological polar surface area (TPSA) is 127 Å². The highest BCUT2D eigenvalue weighted by atomic mass is 16.5. The van der Waals surface area contributed by atoms with Crippen LogP contribution in [0.2, 0.25) is 0 Å². The molecule has 1 atom stereocenters. The molecule has 5 rings (SSSR count). The molecular formula is C26H34N6O4. The maximum Gasteiger partial charge on any atom is 0.270 e. The van der Waals surface area contributed by atoms with Crippen LogP contribution in [0.25, 0.3) is 0 Å². The first kappa shape index (κ1) is 24.4. The third-order valence-corrected chi connectivity index (χ3v) is 7.88. The van der Waals surface area contributed by atoms with E-state index in [1.54, 1.807) is 31.6 Å². The van der Waals surface area contributed by atoms with E-state index in [0.717, 1.165) is 44.2 Å². The van der Waals surface area contributed by atoms with Gasteiger partial charge in [-0.15, -0.1) is 0 Å². The maximum absolute atomic E-state index is 13.6. The fraction of sp³-hybridized carbons (Fsp3) is 0.577. The molecule has 4 heterocycles. The number of hydrogen-bond acceptors (Lipinski definition) is 6. The van der Waals surface area contributed by atoms with Crippen molar-refractivity contribution in [3.8, 4) is 0 Å². The summed E-state index contributed by atoms with van der Waals surface area (Å²) in [7, 11) is 1.70. The minimum atomic E-state index is -0.685. The number of rotatable bonds is 5. The Labute approximate surface area is 210 Å². The lowest BCUT2D eigenvalue weighted by molar-refractivity contribution is -0.124. The first-order valence-corrected chi connectivity index (χ1v) is 13.0. The van der Waals surface area contributed by atoms with Gasteiger partial charge in [0, 0.05) is 26.5 Å². The van der Waals surface area contributed by atoms with Gasteiger partial charge in [0.2, 0.25) is 11.8 Å². The van der Waals surface area contributed by atoms with Crippen LogP contribution < -0.4 is 16.0 Å². The van der Waals surface area contributed by atoms with Gasteiger partial charge in [-0.25, -0.2) is 0 Å². The standard InChI is InChI=1S/C26H34N6O4/c1-32-20(9-12-28-32)23(33)31-21(17-7-5-3-2-4-6-8-17)24(34)29-18-15-19-22(27-16-18)26(25(35)30-19)10-13-36-14-11-26/h9,12,15-17,21H,2-8,10-11,13-14H2,1H3,(H,29,34)(H,30,35)(H,31,33). The zero-order valence-electron chi connectivity index (χ0n) is 20.7. The highest BCUT2D eigenvalue weighted by Gasteiger charge is 2.49. The number of carbonyl (C=O) groups is 3. The summed E-state index contributed by atoms with van der Waals surface area (Å²) in [6.07, 6.45) is 11.7. The molecule has 1 spiro atoms. The minimum Gasteiger partial charge on any atom is -0.381 e. The minimum absolute atomic E-state index is 0.0371. The van der Waals surface area contributed by atoms with Crippen LogP contribution in [0.5, 0.6) is 0 Å². The SMILES string of the molecule is Cn1nccc1C(=O)NC(C(=O)Nc1cnc2c(c1)NC(=O)C21CCOCC1)C1CCCCCCC1. The Morgan fingerprint density at radius 1 is 1.17 bits per heavy atom. The molecule has 10 nitrogen and oxygen atoms in total. The van der Waals surface area contributed by atoms with E-state index in [9.17, 15) is 14.4 Å². The van der Waals surface area contributed by atoms with Gasteiger partial charge in [0.05, 0.1) is 28.7 Å². The Hall–Kier alpha value is -3.27. The first-order valence-electron chi connectivity index (χ1n) is 13.0. The normalized spacial score (nSPS) is 20.6. The van der Waals surface area contributed by atoms with E-state index >= 15 is 0 Å². The Balaban J connectivity index is 1.36. The van der Waals surface area contributed by atoms with Gasteiger partial charge in [0.15, 0.2) is 0 Å². The predicted octanol–water partition coefficient (Wildman–Crippen LogP) is 2.91. The van der Waals surface area contributed by atoms with Crippen LogP contribution in [0.4, 0.5) is 11.4 Å². The zero-order valence-corrected chi connectivity index (χ0v) is 20.7. The summed E-state index contributed by atoms with van der Waals surface area (Å²) in [5.74, 6) is -0.622. The van der Waals surface area contributed by atoms with Gasteiger partial charge in [-0.05, 0) is 43.7 Å². The smallest absolute Gasteiger partial charge is 0.270 e. The van der Waals surface area contributed by atoms with Crippen molar-refractivity contribution in [2.45, 2.75) is 69.2 Å². The van der Waals surface area contributed by atoms with Crippen molar-refractivity contribution in [3.63, 3.8) is 0 Å². The summed E-state index contributed by atoms with van der Waals surface area (Å²) >= 11 is 0. The van der Waals surface area contributed by atoms with Crippen molar-refractivity contribution >= 4 is 29.1 Å². The molecule has 0 radical (unpaired) electrons. The largest absolute Gasteiger partial charge is 0.381 e. The molecule has 3 N–H and O–H groups in total. The molecule has 2 aliphatic heterocycles. The fourth-order valence-corrected chi connectivity index (χ4v) is 5.79. The van der Waals surface area contributed by atoms with Crippen LogP contribution in [0, 0.1) is 5.92 Å². The van der Waals surface area contributed by atoms with E-state index in [-0.39, 0.29) is 23.6 Å². The van der Waals surface area contributed by atoms with E-state index < -0.39 is 11.5 Å². The van der Waals surface area contributed by atoms with Gasteiger partial charge in [0.1, 0.15) is 11.7 Å². The average Bonchev–Trinajstić information content (AvgIpc) is 3.39. The van der Waals surface area contributed by atoms with Crippen LogP contribution in [0.3, 0.4) is 0 Å². The number of aryl methyl sites for hydroxylation is 1. The number of aromatic nitrogens is 3. The summed E-state index contributed by atoms with van der Waals surface area (Å²) in [5.41, 5.74) is 1.58. The second kappa shape index (κ2) is 10.4. The molecule has 1 saturated carbocycles. The van der Waals surface area contributed by atoms with Gasteiger partial charge in [-0.1, -0.05) is 32.1 Å². The molecule has 3 amide bonds. The summed E-state index contributed by atoms with van der Waals surface area (Å²) in [6, 6.07) is 2.72. The van der Waals surface area contributed by atoms with Crippen molar-refractivity contribution < 1.29 is 19.1 Å². The van der Waals surface area contributed by atoms with E-state index in [1.807, 2.05) is 0 Å². The van der Waals surface area contributed by atoms with Crippen molar-refractivity contribution in [1.29, 1.82) is 0 Å². The van der Waals surface area contributed by atoms with E-state index in [1.165, 1.54) is 11.1 Å². The molecule has 1 aliphatic carbocycles. The zero-order chi connectivity index (χ0) is 25.1. The van der Waals surface area contributed by atoms with Gasteiger partial charge in [0.25, 0.3) is 5.91 Å². The lowest BCUT2D eigenvalue weighted by atomic mass is 9.78. The summed E-state index contributed by atoms with van der Waals surface area (Å²) in [4.78, 5) is 44.0. The fourth-order valence-electron chi connectivity index (χ4n) is 5.79. The van der Waals surface area contributed by atoms with Gasteiger partial charge in [-0.2, -0.15) is 5.10 Å². The lowest BCUT2D eigenvalue weighted by Crippen LogP contribution is -2.49. The number of carbonyl (C=O) groups excluding carboxylic acids is 3. The van der Waals surface area contributed by atoms with E-state index in [2.05, 4.69) is 26.0 Å². The molecule has 10 heteroatoms. The monoisotopic (exact) mass is 494 g/mol. The second-order valence-electron chi connectivity index (χ2n) is 10.2. The Bertz CT molecular complexity index is 1130. The number of amides is 3. The van der Waals surface area contributed by atoms with Crippen LogP contribution in [-0.2, 0) is 26.8 Å². The Kier molecular flexibility index (Phi) is 7.04. The number of fused-ring (bicyclic) bond motifs is 2. The molecule has 3 aliphatic rings. The Morgan fingerprint density at radius 3 is 2.58 bits per heavy atom. The highest BCUT2D eigenvalue weighted by Crippen LogP contribution is 2.44. The Morgan fingerprint density at radius 2 is 1.89 bits per heavy atom. The maximum atomic E-state index is 13.6. The van der Waals surface area contributed by atoms with Crippen LogP contribution in [0.1, 0.15) is 74.0 Å². The van der Waals surface area contributed by atoms with Crippen molar-refractivity contribution in [2.75, 3.05) is 23.8 Å². The van der Waals surface area contributed by atoms with Crippen molar-refractivity contribution in [3.05, 3.63) is 35.9 Å². The third kappa shape index (κ3) is 4.74. The van der Waals surface area contributed by atoms with Crippen LogP contribution in [0.15, 0.2) is 24.5 Å². The van der Waals surface area contributed by atoms with E-state index in [0.29, 0.717) is 43.1 Å². The van der Waals surface area contributed by atoms with Gasteiger partial charge >= 0.3 is 0 Å². The molecule has 36 heavy (non-hydrogen) atoms. The number of anilines is 2. The van der Waals surface area contributed by atoms with Crippen LogP contribution in [-0.4, -0.2) is 51.7 Å². The molecule has 1 unspecified atom stereocenters. The third-order valence-electron chi connectivity index (χ3n) is 7.88. The van der Waals surface area contributed by atoms with Gasteiger partial charge < -0.3 is 20.7 Å². The molecule has 2 aromatic heterocycles. The summed E-state index contributed by atoms with van der Waals surface area (Å²) in [6.45, 7) is 1.04. The molecular weight excluding hydrogens is 460 g/mol. The number of ether oxygens (including phenoxy) is 1.